The van der Waals surface area contributed by atoms with Gasteiger partial charge in [0.15, 0.2) is 11.6 Å². The first-order valence-corrected chi connectivity index (χ1v) is 5.97. The van der Waals surface area contributed by atoms with Gasteiger partial charge in [0, 0.05) is 20.2 Å². The van der Waals surface area contributed by atoms with E-state index in [1.54, 1.807) is 4.57 Å². The van der Waals surface area contributed by atoms with E-state index in [1.165, 1.54) is 17.0 Å². The molecular weight excluding hydrogens is 268 g/mol. The van der Waals surface area contributed by atoms with Crippen LogP contribution in [0.5, 0.6) is 0 Å². The molecule has 0 saturated carbocycles. The summed E-state index contributed by atoms with van der Waals surface area (Å²) in [6.45, 7) is 1.54. The molecule has 1 aromatic rings. The van der Waals surface area contributed by atoms with Gasteiger partial charge in [-0.3, -0.25) is 4.79 Å². The second kappa shape index (κ2) is 4.37. The molecule has 0 spiro atoms. The molecule has 0 saturated heterocycles. The molecule has 1 aliphatic carbocycles. The Balaban J connectivity index is 2.35. The lowest BCUT2D eigenvalue weighted by Gasteiger charge is -2.08. The molecule has 0 radical (unpaired) electrons. The number of halogens is 1. The molecule has 0 fully saturated rings. The topological polar surface area (TPSA) is 34.9 Å². The number of carbonyl (C=O) groups excluding carboxylic acids is 1. The second-order valence-corrected chi connectivity index (χ2v) is 4.94. The van der Waals surface area contributed by atoms with Crippen LogP contribution in [0.4, 0.5) is 0 Å². The van der Waals surface area contributed by atoms with Crippen molar-refractivity contribution >= 4 is 27.3 Å². The zero-order valence-electron chi connectivity index (χ0n) is 9.33. The van der Waals surface area contributed by atoms with Gasteiger partial charge >= 0.3 is 0 Å². The van der Waals surface area contributed by atoms with Crippen LogP contribution < -0.4 is 0 Å². The van der Waals surface area contributed by atoms with E-state index in [9.17, 15) is 4.79 Å². The fourth-order valence-corrected chi connectivity index (χ4v) is 2.10. The smallest absolute Gasteiger partial charge is 0.195 e. The highest BCUT2D eigenvalue weighted by Crippen LogP contribution is 2.28. The number of ketones is 1. The molecule has 0 atom stereocenters. The Morgan fingerprint density at radius 3 is 2.69 bits per heavy atom. The fourth-order valence-electron chi connectivity index (χ4n) is 1.77. The first-order chi connectivity index (χ1) is 7.58. The van der Waals surface area contributed by atoms with Crippen molar-refractivity contribution in [3.05, 3.63) is 34.3 Å². The van der Waals surface area contributed by atoms with E-state index >= 15 is 0 Å². The maximum absolute atomic E-state index is 11.3. The average molecular weight is 281 g/mol. The Morgan fingerprint density at radius 1 is 1.44 bits per heavy atom. The van der Waals surface area contributed by atoms with Crippen molar-refractivity contribution in [1.29, 1.82) is 0 Å². The van der Waals surface area contributed by atoms with Gasteiger partial charge in [-0.2, -0.15) is 0 Å². The van der Waals surface area contributed by atoms with E-state index in [4.69, 9.17) is 0 Å². The summed E-state index contributed by atoms with van der Waals surface area (Å²) in [7, 11) is 1.85. The van der Waals surface area contributed by atoms with E-state index in [2.05, 4.69) is 27.0 Å². The maximum Gasteiger partial charge on any atom is 0.195 e. The van der Waals surface area contributed by atoms with Crippen LogP contribution >= 0.6 is 15.9 Å². The highest BCUT2D eigenvalue weighted by Gasteiger charge is 2.13. The van der Waals surface area contributed by atoms with E-state index in [1.807, 2.05) is 19.3 Å². The number of aryl methyl sites for hydroxylation is 1. The number of allylic oxidation sites excluding steroid dienone is 4. The van der Waals surface area contributed by atoms with Crippen LogP contribution in [0.2, 0.25) is 0 Å². The average Bonchev–Trinajstić information content (AvgIpc) is 2.61. The summed E-state index contributed by atoms with van der Waals surface area (Å²) >= 11 is 3.47. The van der Waals surface area contributed by atoms with Crippen LogP contribution in [0, 0.1) is 0 Å². The zero-order valence-corrected chi connectivity index (χ0v) is 10.9. The number of carbonyl (C=O) groups is 1. The third-order valence-corrected chi connectivity index (χ3v) is 3.28. The van der Waals surface area contributed by atoms with Crippen molar-refractivity contribution in [2.75, 3.05) is 0 Å². The van der Waals surface area contributed by atoms with Crippen LogP contribution in [-0.2, 0) is 7.05 Å². The molecule has 0 N–H and O–H groups in total. The minimum Gasteiger partial charge on any atom is -0.331 e. The van der Waals surface area contributed by atoms with Gasteiger partial charge in [-0.15, -0.1) is 0 Å². The highest BCUT2D eigenvalue weighted by atomic mass is 79.9. The Labute approximate surface area is 103 Å². The minimum atomic E-state index is 0.00174. The third kappa shape index (κ3) is 2.16. The van der Waals surface area contributed by atoms with Gasteiger partial charge in [-0.1, -0.05) is 28.1 Å². The van der Waals surface area contributed by atoms with Crippen LogP contribution in [0.3, 0.4) is 0 Å². The predicted octanol–water partition coefficient (Wildman–Crippen LogP) is 3.08. The molecular formula is C12H13BrN2O. The van der Waals surface area contributed by atoms with Crippen molar-refractivity contribution in [2.24, 2.45) is 7.05 Å². The summed E-state index contributed by atoms with van der Waals surface area (Å²) < 4.78 is 2.99. The zero-order chi connectivity index (χ0) is 11.7. The minimum absolute atomic E-state index is 0.00174. The van der Waals surface area contributed by atoms with Gasteiger partial charge in [-0.25, -0.2) is 4.98 Å². The Morgan fingerprint density at radius 2 is 2.19 bits per heavy atom. The first kappa shape index (κ1) is 11.3. The predicted molar refractivity (Wildman–Crippen MR) is 67.4 cm³/mol. The fraction of sp³-hybridized carbons (Fsp3) is 0.333. The molecule has 1 aromatic heterocycles. The number of aromatic nitrogens is 2. The van der Waals surface area contributed by atoms with Gasteiger partial charge in [0.05, 0.1) is 5.69 Å². The van der Waals surface area contributed by atoms with Crippen molar-refractivity contribution in [1.82, 2.24) is 9.55 Å². The molecule has 4 heteroatoms. The SMILES string of the molecule is CC(=O)c1nc(C2=CC=C(Br)CC2)cn1C. The molecule has 1 heterocycles. The number of Topliss-reactive ketones (excluding diaryl/α,β-unsaturated/α-hetero) is 1. The highest BCUT2D eigenvalue weighted by molar-refractivity contribution is 9.11. The van der Waals surface area contributed by atoms with Gasteiger partial charge in [-0.05, 0) is 22.9 Å². The molecule has 3 nitrogen and oxygen atoms in total. The maximum atomic E-state index is 11.3. The van der Waals surface area contributed by atoms with Crippen LogP contribution in [-0.4, -0.2) is 15.3 Å². The van der Waals surface area contributed by atoms with Crippen molar-refractivity contribution in [3.8, 4) is 0 Å². The normalized spacial score (nSPS) is 15.7. The Hall–Kier alpha value is -1.16. The number of nitrogens with zero attached hydrogens (tertiary/aromatic N) is 2. The third-order valence-electron chi connectivity index (χ3n) is 2.62. The summed E-state index contributed by atoms with van der Waals surface area (Å²) in [4.78, 5) is 15.7. The van der Waals surface area contributed by atoms with Crippen LogP contribution in [0.1, 0.15) is 36.1 Å². The standard InChI is InChI=1S/C12H13BrN2O/c1-8(16)12-14-11(7-15(12)2)9-3-5-10(13)6-4-9/h3,5,7H,4,6H2,1-2H3. The van der Waals surface area contributed by atoms with Crippen LogP contribution in [0.25, 0.3) is 5.57 Å². The second-order valence-electron chi connectivity index (χ2n) is 3.92. The van der Waals surface area contributed by atoms with Gasteiger partial charge in [0.2, 0.25) is 0 Å². The molecule has 84 valence electrons. The Kier molecular flexibility index (Phi) is 3.10. The van der Waals surface area contributed by atoms with Crippen molar-refractivity contribution in [3.63, 3.8) is 0 Å². The van der Waals surface area contributed by atoms with Gasteiger partial charge in [0.25, 0.3) is 0 Å². The molecule has 0 bridgehead atoms. The monoisotopic (exact) mass is 280 g/mol. The summed E-state index contributed by atoms with van der Waals surface area (Å²) in [5.41, 5.74) is 2.09. The lowest BCUT2D eigenvalue weighted by atomic mass is 10.0. The van der Waals surface area contributed by atoms with E-state index in [-0.39, 0.29) is 5.78 Å². The van der Waals surface area contributed by atoms with E-state index < -0.39 is 0 Å². The molecule has 1 aliphatic rings. The number of imidazole rings is 1. The number of hydrogen-bond donors (Lipinski definition) is 0. The molecule has 0 aromatic carbocycles. The Bertz CT molecular complexity index is 497. The van der Waals surface area contributed by atoms with E-state index in [0.717, 1.165) is 18.5 Å². The lowest BCUT2D eigenvalue weighted by molar-refractivity contribution is 0.100. The lowest BCUT2D eigenvalue weighted by Crippen LogP contribution is -2.02. The van der Waals surface area contributed by atoms with Gasteiger partial charge in [0.1, 0.15) is 0 Å². The van der Waals surface area contributed by atoms with Crippen molar-refractivity contribution in [2.45, 2.75) is 19.8 Å². The molecule has 0 unspecified atom stereocenters. The molecule has 0 aliphatic heterocycles. The van der Waals surface area contributed by atoms with Crippen LogP contribution in [0.15, 0.2) is 22.8 Å². The molecule has 2 rings (SSSR count). The number of rotatable bonds is 2. The summed E-state index contributed by atoms with van der Waals surface area (Å²) in [5.74, 6) is 0.520. The number of hydrogen-bond acceptors (Lipinski definition) is 2. The molecule has 16 heavy (non-hydrogen) atoms. The summed E-state index contributed by atoms with van der Waals surface area (Å²) in [6.07, 6.45) is 7.97. The quantitative estimate of drug-likeness (QED) is 0.781. The summed E-state index contributed by atoms with van der Waals surface area (Å²) in [5, 5.41) is 0. The van der Waals surface area contributed by atoms with Gasteiger partial charge < -0.3 is 4.57 Å². The van der Waals surface area contributed by atoms with E-state index in [0.29, 0.717) is 5.82 Å². The largest absolute Gasteiger partial charge is 0.331 e. The first-order valence-electron chi connectivity index (χ1n) is 5.18. The summed E-state index contributed by atoms with van der Waals surface area (Å²) in [6, 6.07) is 0. The van der Waals surface area contributed by atoms with Crippen molar-refractivity contribution < 1.29 is 4.79 Å². The molecule has 0 amide bonds.